The van der Waals surface area contributed by atoms with Gasteiger partial charge in [-0.2, -0.15) is 5.10 Å². The van der Waals surface area contributed by atoms with Crippen LogP contribution in [0.1, 0.15) is 29.2 Å². The maximum Gasteiger partial charge on any atom is 0.180 e. The van der Waals surface area contributed by atoms with Gasteiger partial charge in [0.05, 0.1) is 12.8 Å². The Kier molecular flexibility index (Phi) is 6.88. The predicted octanol–water partition coefficient (Wildman–Crippen LogP) is 4.28. The summed E-state index contributed by atoms with van der Waals surface area (Å²) in [6.45, 7) is 6.71. The zero-order valence-corrected chi connectivity index (χ0v) is 15.1. The number of aryl methyl sites for hydroxylation is 2. The highest BCUT2D eigenvalue weighted by atomic mass is 32.2. The number of nitrogens with zero attached hydrogens (tertiary/aromatic N) is 2. The van der Waals surface area contributed by atoms with Crippen LogP contribution in [0.4, 0.5) is 0 Å². The van der Waals surface area contributed by atoms with Crippen LogP contribution in [-0.4, -0.2) is 18.0 Å². The second-order valence-corrected chi connectivity index (χ2v) is 6.36. The molecule has 0 heterocycles. The van der Waals surface area contributed by atoms with E-state index in [9.17, 15) is 0 Å². The van der Waals surface area contributed by atoms with Crippen molar-refractivity contribution in [3.63, 3.8) is 0 Å². The summed E-state index contributed by atoms with van der Waals surface area (Å²) >= 11 is 1.48. The number of hydrogen-bond acceptors (Lipinski definition) is 4. The molecule has 0 atom stereocenters. The summed E-state index contributed by atoms with van der Waals surface area (Å²) in [7, 11) is 0. The Balaban J connectivity index is 1.99. The van der Waals surface area contributed by atoms with Gasteiger partial charge >= 0.3 is 0 Å². The van der Waals surface area contributed by atoms with Gasteiger partial charge in [-0.3, -0.25) is 0 Å². The summed E-state index contributed by atoms with van der Waals surface area (Å²) in [4.78, 5) is 0. The van der Waals surface area contributed by atoms with E-state index < -0.39 is 0 Å². The van der Waals surface area contributed by atoms with Gasteiger partial charge in [0.25, 0.3) is 0 Å². The SMILES string of the molecule is CCOc1cc(C)c(C=NN=C(N)SCc2ccccc2)c(C)c1. The Bertz CT molecular complexity index is 704. The lowest BCUT2D eigenvalue weighted by Gasteiger charge is -2.09. The molecule has 2 aromatic rings. The van der Waals surface area contributed by atoms with Crippen LogP contribution in [0.25, 0.3) is 0 Å². The molecule has 0 radical (unpaired) electrons. The number of hydrogen-bond donors (Lipinski definition) is 1. The molecule has 0 spiro atoms. The van der Waals surface area contributed by atoms with Gasteiger partial charge in [-0.05, 0) is 49.6 Å². The smallest absolute Gasteiger partial charge is 0.180 e. The van der Waals surface area contributed by atoms with E-state index in [-0.39, 0.29) is 0 Å². The van der Waals surface area contributed by atoms with Gasteiger partial charge < -0.3 is 10.5 Å². The summed E-state index contributed by atoms with van der Waals surface area (Å²) < 4.78 is 5.54. The minimum Gasteiger partial charge on any atom is -0.494 e. The number of thioether (sulfide) groups is 1. The zero-order valence-electron chi connectivity index (χ0n) is 14.3. The fraction of sp³-hybridized carbons (Fsp3) is 0.263. The largest absolute Gasteiger partial charge is 0.494 e. The molecule has 0 fully saturated rings. The fourth-order valence-corrected chi connectivity index (χ4v) is 2.90. The normalized spacial score (nSPS) is 11.9. The van der Waals surface area contributed by atoms with Crippen molar-refractivity contribution < 1.29 is 4.74 Å². The number of benzene rings is 2. The monoisotopic (exact) mass is 341 g/mol. The van der Waals surface area contributed by atoms with Crippen molar-refractivity contribution in [2.45, 2.75) is 26.5 Å². The van der Waals surface area contributed by atoms with Gasteiger partial charge in [0.15, 0.2) is 5.17 Å². The maximum absolute atomic E-state index is 5.90. The molecule has 2 aromatic carbocycles. The van der Waals surface area contributed by atoms with Crippen LogP contribution in [0.15, 0.2) is 52.7 Å². The molecule has 2 N–H and O–H groups in total. The summed E-state index contributed by atoms with van der Waals surface area (Å²) in [5.41, 5.74) is 10.4. The van der Waals surface area contributed by atoms with Gasteiger partial charge in [-0.1, -0.05) is 42.1 Å². The van der Waals surface area contributed by atoms with E-state index >= 15 is 0 Å². The Labute approximate surface area is 147 Å². The van der Waals surface area contributed by atoms with E-state index in [4.69, 9.17) is 10.5 Å². The number of rotatable bonds is 6. The van der Waals surface area contributed by atoms with E-state index in [2.05, 4.69) is 22.3 Å². The minimum atomic E-state index is 0.455. The van der Waals surface area contributed by atoms with Crippen LogP contribution in [0.2, 0.25) is 0 Å². The minimum absolute atomic E-state index is 0.455. The Morgan fingerprint density at radius 2 is 1.83 bits per heavy atom. The first-order chi connectivity index (χ1) is 11.6. The molecular formula is C19H23N3OS. The van der Waals surface area contributed by atoms with Crippen molar-refractivity contribution in [2.75, 3.05) is 6.61 Å². The van der Waals surface area contributed by atoms with Gasteiger partial charge in [-0.15, -0.1) is 5.10 Å². The first-order valence-electron chi connectivity index (χ1n) is 7.87. The van der Waals surface area contributed by atoms with Crippen LogP contribution in [-0.2, 0) is 5.75 Å². The number of nitrogens with two attached hydrogens (primary N) is 1. The molecule has 2 rings (SSSR count). The molecule has 0 amide bonds. The number of amidine groups is 1. The van der Waals surface area contributed by atoms with Crippen molar-refractivity contribution in [1.82, 2.24) is 0 Å². The van der Waals surface area contributed by atoms with Crippen LogP contribution < -0.4 is 10.5 Å². The van der Waals surface area contributed by atoms with Gasteiger partial charge in [0.2, 0.25) is 0 Å². The molecule has 5 heteroatoms. The molecule has 0 saturated heterocycles. The van der Waals surface area contributed by atoms with E-state index in [1.54, 1.807) is 6.21 Å². The lowest BCUT2D eigenvalue weighted by molar-refractivity contribution is 0.340. The third kappa shape index (κ3) is 5.42. The summed E-state index contributed by atoms with van der Waals surface area (Å²) in [6, 6.07) is 14.2. The van der Waals surface area contributed by atoms with Crippen molar-refractivity contribution in [2.24, 2.45) is 15.9 Å². The second kappa shape index (κ2) is 9.13. The average Bonchev–Trinajstić information content (AvgIpc) is 2.57. The van der Waals surface area contributed by atoms with Gasteiger partial charge in [0, 0.05) is 11.3 Å². The summed E-state index contributed by atoms with van der Waals surface area (Å²) in [5, 5.41) is 8.65. The van der Waals surface area contributed by atoms with Crippen LogP contribution >= 0.6 is 11.8 Å². The summed E-state index contributed by atoms with van der Waals surface area (Å²) in [5.74, 6) is 1.67. The highest BCUT2D eigenvalue weighted by molar-refractivity contribution is 8.13. The van der Waals surface area contributed by atoms with E-state index in [0.717, 1.165) is 28.2 Å². The molecule has 0 saturated carbocycles. The molecular weight excluding hydrogens is 318 g/mol. The molecule has 0 aliphatic rings. The topological polar surface area (TPSA) is 60.0 Å². The van der Waals surface area contributed by atoms with Crippen molar-refractivity contribution in [1.29, 1.82) is 0 Å². The molecule has 0 aromatic heterocycles. The molecule has 24 heavy (non-hydrogen) atoms. The molecule has 0 unspecified atom stereocenters. The van der Waals surface area contributed by atoms with Gasteiger partial charge in [0.1, 0.15) is 5.75 Å². The Hall–Kier alpha value is -2.27. The molecule has 0 aliphatic carbocycles. The van der Waals surface area contributed by atoms with Crippen molar-refractivity contribution in [3.8, 4) is 5.75 Å². The maximum atomic E-state index is 5.90. The number of ether oxygens (including phenoxy) is 1. The van der Waals surface area contributed by atoms with Crippen LogP contribution in [0, 0.1) is 13.8 Å². The first-order valence-corrected chi connectivity index (χ1v) is 8.86. The first kappa shape index (κ1) is 18.1. The zero-order chi connectivity index (χ0) is 17.4. The lowest BCUT2D eigenvalue weighted by atomic mass is 10.0. The molecule has 4 nitrogen and oxygen atoms in total. The van der Waals surface area contributed by atoms with Gasteiger partial charge in [-0.25, -0.2) is 0 Å². The average molecular weight is 341 g/mol. The third-order valence-corrected chi connectivity index (χ3v) is 4.31. The highest BCUT2D eigenvalue weighted by Gasteiger charge is 2.04. The second-order valence-electron chi connectivity index (χ2n) is 5.36. The predicted molar refractivity (Wildman–Crippen MR) is 104 cm³/mol. The standard InChI is InChI=1S/C19H23N3OS/c1-4-23-17-10-14(2)18(15(3)11-17)12-21-22-19(20)24-13-16-8-6-5-7-9-16/h5-12H,4,13H2,1-3H3,(H2,20,22). The summed E-state index contributed by atoms with van der Waals surface area (Å²) in [6.07, 6.45) is 1.75. The Morgan fingerprint density at radius 3 is 2.46 bits per heavy atom. The molecule has 126 valence electrons. The van der Waals surface area contributed by atoms with E-state index in [1.807, 2.05) is 51.1 Å². The molecule has 0 aliphatic heterocycles. The van der Waals surface area contributed by atoms with E-state index in [0.29, 0.717) is 11.8 Å². The van der Waals surface area contributed by atoms with Crippen molar-refractivity contribution >= 4 is 23.1 Å². The quantitative estimate of drug-likeness (QED) is 0.484. The fourth-order valence-electron chi connectivity index (χ4n) is 2.29. The lowest BCUT2D eigenvalue weighted by Crippen LogP contribution is -2.06. The third-order valence-electron chi connectivity index (χ3n) is 3.45. The van der Waals surface area contributed by atoms with E-state index in [1.165, 1.54) is 17.3 Å². The van der Waals surface area contributed by atoms with Crippen LogP contribution in [0.5, 0.6) is 5.75 Å². The Morgan fingerprint density at radius 1 is 1.17 bits per heavy atom. The highest BCUT2D eigenvalue weighted by Crippen LogP contribution is 2.20. The molecule has 0 bridgehead atoms. The van der Waals surface area contributed by atoms with Crippen LogP contribution in [0.3, 0.4) is 0 Å². The van der Waals surface area contributed by atoms with Crippen molar-refractivity contribution in [3.05, 3.63) is 64.7 Å².